The lowest BCUT2D eigenvalue weighted by molar-refractivity contribution is -0.116. The number of nitrogens with one attached hydrogen (secondary N) is 2. The predicted octanol–water partition coefficient (Wildman–Crippen LogP) is 3.51. The van der Waals surface area contributed by atoms with Crippen molar-refractivity contribution in [3.63, 3.8) is 0 Å². The number of aromatic nitrogens is 2. The number of nitrogens with zero attached hydrogens (tertiary/aromatic N) is 1. The van der Waals surface area contributed by atoms with Gasteiger partial charge < -0.3 is 5.32 Å². The molecule has 0 fully saturated rings. The first-order valence-corrected chi connectivity index (χ1v) is 6.61. The van der Waals surface area contributed by atoms with Crippen molar-refractivity contribution >= 4 is 11.6 Å². The monoisotopic (exact) mass is 257 g/mol. The van der Waals surface area contributed by atoms with Gasteiger partial charge in [0.1, 0.15) is 0 Å². The van der Waals surface area contributed by atoms with E-state index < -0.39 is 0 Å². The molecule has 0 saturated heterocycles. The van der Waals surface area contributed by atoms with Crippen LogP contribution in [0.15, 0.2) is 30.3 Å². The van der Waals surface area contributed by atoms with Gasteiger partial charge in [-0.15, -0.1) is 0 Å². The molecule has 0 aliphatic rings. The van der Waals surface area contributed by atoms with Gasteiger partial charge in [0.2, 0.25) is 5.91 Å². The second-order valence-corrected chi connectivity index (χ2v) is 4.67. The van der Waals surface area contributed by atoms with Crippen LogP contribution >= 0.6 is 0 Å². The minimum absolute atomic E-state index is 0.0669. The normalized spacial score (nSPS) is 10.4. The average molecular weight is 257 g/mol. The zero-order valence-corrected chi connectivity index (χ0v) is 11.4. The van der Waals surface area contributed by atoms with Crippen LogP contribution in [0.2, 0.25) is 0 Å². The molecule has 19 heavy (non-hydrogen) atoms. The quantitative estimate of drug-likeness (QED) is 0.861. The minimum atomic E-state index is 0.0669. The third kappa shape index (κ3) is 3.68. The lowest BCUT2D eigenvalue weighted by Gasteiger charge is -2.06. The summed E-state index contributed by atoms with van der Waals surface area (Å²) >= 11 is 0. The number of hydrogen-bond acceptors (Lipinski definition) is 2. The van der Waals surface area contributed by atoms with Crippen LogP contribution in [-0.2, 0) is 4.79 Å². The fourth-order valence-electron chi connectivity index (χ4n) is 1.88. The van der Waals surface area contributed by atoms with E-state index >= 15 is 0 Å². The molecule has 1 amide bonds. The van der Waals surface area contributed by atoms with Crippen molar-refractivity contribution in [1.29, 1.82) is 0 Å². The first kappa shape index (κ1) is 13.3. The number of hydrogen-bond donors (Lipinski definition) is 2. The molecule has 2 aromatic rings. The van der Waals surface area contributed by atoms with Crippen molar-refractivity contribution in [3.05, 3.63) is 36.0 Å². The zero-order chi connectivity index (χ0) is 13.7. The van der Waals surface area contributed by atoms with Gasteiger partial charge in [0.05, 0.1) is 5.69 Å². The predicted molar refractivity (Wildman–Crippen MR) is 76.9 cm³/mol. The summed E-state index contributed by atoms with van der Waals surface area (Å²) in [5.41, 5.74) is 3.73. The number of anilines is 1. The van der Waals surface area contributed by atoms with Gasteiger partial charge in [-0.05, 0) is 31.5 Å². The highest BCUT2D eigenvalue weighted by Gasteiger charge is 2.05. The SMILES string of the molecule is CCCCC(=O)Nc1cccc(-c2cc(C)[nH]n2)c1. The Morgan fingerprint density at radius 2 is 2.21 bits per heavy atom. The van der Waals surface area contributed by atoms with E-state index in [1.165, 1.54) is 0 Å². The highest BCUT2D eigenvalue weighted by molar-refractivity contribution is 5.91. The second-order valence-electron chi connectivity index (χ2n) is 4.67. The first-order chi connectivity index (χ1) is 9.19. The van der Waals surface area contributed by atoms with Crippen LogP contribution in [0, 0.1) is 6.92 Å². The van der Waals surface area contributed by atoms with Crippen molar-refractivity contribution in [2.45, 2.75) is 33.1 Å². The van der Waals surface area contributed by atoms with E-state index in [1.807, 2.05) is 37.3 Å². The maximum absolute atomic E-state index is 11.7. The summed E-state index contributed by atoms with van der Waals surface area (Å²) in [5.74, 6) is 0.0669. The van der Waals surface area contributed by atoms with Crippen molar-refractivity contribution in [1.82, 2.24) is 10.2 Å². The summed E-state index contributed by atoms with van der Waals surface area (Å²) < 4.78 is 0. The smallest absolute Gasteiger partial charge is 0.224 e. The van der Waals surface area contributed by atoms with Crippen LogP contribution in [0.25, 0.3) is 11.3 Å². The molecule has 2 N–H and O–H groups in total. The maximum Gasteiger partial charge on any atom is 0.224 e. The van der Waals surface area contributed by atoms with E-state index in [1.54, 1.807) is 0 Å². The van der Waals surface area contributed by atoms with Crippen molar-refractivity contribution in [3.8, 4) is 11.3 Å². The Hall–Kier alpha value is -2.10. The summed E-state index contributed by atoms with van der Waals surface area (Å²) in [6.45, 7) is 4.04. The molecule has 0 aliphatic heterocycles. The number of aryl methyl sites for hydroxylation is 1. The molecule has 1 aromatic carbocycles. The van der Waals surface area contributed by atoms with Crippen LogP contribution in [0.4, 0.5) is 5.69 Å². The highest BCUT2D eigenvalue weighted by Crippen LogP contribution is 2.21. The van der Waals surface area contributed by atoms with Crippen molar-refractivity contribution in [2.24, 2.45) is 0 Å². The van der Waals surface area contributed by atoms with Crippen LogP contribution < -0.4 is 5.32 Å². The molecule has 0 aliphatic carbocycles. The molecule has 100 valence electrons. The fraction of sp³-hybridized carbons (Fsp3) is 0.333. The van der Waals surface area contributed by atoms with Gasteiger partial charge in [-0.25, -0.2) is 0 Å². The number of benzene rings is 1. The molecule has 0 bridgehead atoms. The standard InChI is InChI=1S/C15H19N3O/c1-3-4-8-15(19)16-13-7-5-6-12(10-13)14-9-11(2)17-18-14/h5-7,9-10H,3-4,8H2,1-2H3,(H,16,19)(H,17,18). The molecule has 4 heteroatoms. The Balaban J connectivity index is 2.09. The summed E-state index contributed by atoms with van der Waals surface area (Å²) in [5, 5.41) is 10.1. The molecular formula is C15H19N3O. The highest BCUT2D eigenvalue weighted by atomic mass is 16.1. The van der Waals surface area contributed by atoms with Crippen LogP contribution in [0.1, 0.15) is 31.9 Å². The Morgan fingerprint density at radius 1 is 1.37 bits per heavy atom. The molecular weight excluding hydrogens is 238 g/mol. The van der Waals surface area contributed by atoms with Crippen molar-refractivity contribution < 1.29 is 4.79 Å². The van der Waals surface area contributed by atoms with Gasteiger partial charge >= 0.3 is 0 Å². The largest absolute Gasteiger partial charge is 0.326 e. The molecule has 0 radical (unpaired) electrons. The van der Waals surface area contributed by atoms with Crippen molar-refractivity contribution in [2.75, 3.05) is 5.32 Å². The first-order valence-electron chi connectivity index (χ1n) is 6.61. The average Bonchev–Trinajstić information content (AvgIpc) is 2.83. The summed E-state index contributed by atoms with van der Waals surface area (Å²) in [7, 11) is 0. The third-order valence-electron chi connectivity index (χ3n) is 2.91. The van der Waals surface area contributed by atoms with E-state index in [9.17, 15) is 4.79 Å². The topological polar surface area (TPSA) is 57.8 Å². The van der Waals surface area contributed by atoms with E-state index in [2.05, 4.69) is 22.4 Å². The number of H-pyrrole nitrogens is 1. The van der Waals surface area contributed by atoms with Gasteiger partial charge in [-0.2, -0.15) is 5.10 Å². The van der Waals surface area contributed by atoms with Gasteiger partial charge in [-0.1, -0.05) is 25.5 Å². The summed E-state index contributed by atoms with van der Waals surface area (Å²) in [6.07, 6.45) is 2.52. The number of carbonyl (C=O) groups excluding carboxylic acids is 1. The molecule has 0 atom stereocenters. The van der Waals surface area contributed by atoms with Gasteiger partial charge in [0.25, 0.3) is 0 Å². The van der Waals surface area contributed by atoms with E-state index in [0.717, 1.165) is 35.5 Å². The van der Waals surface area contributed by atoms with Crippen LogP contribution in [0.3, 0.4) is 0 Å². The van der Waals surface area contributed by atoms with E-state index in [4.69, 9.17) is 0 Å². The van der Waals surface area contributed by atoms with Gasteiger partial charge in [0.15, 0.2) is 0 Å². The van der Waals surface area contributed by atoms with Gasteiger partial charge in [0, 0.05) is 23.4 Å². The maximum atomic E-state index is 11.7. The number of amides is 1. The number of carbonyl (C=O) groups is 1. The summed E-state index contributed by atoms with van der Waals surface area (Å²) in [4.78, 5) is 11.7. The Kier molecular flexibility index (Phi) is 4.34. The zero-order valence-electron chi connectivity index (χ0n) is 11.4. The molecule has 1 aromatic heterocycles. The van der Waals surface area contributed by atoms with E-state index in [-0.39, 0.29) is 5.91 Å². The van der Waals surface area contributed by atoms with Crippen LogP contribution in [0.5, 0.6) is 0 Å². The molecule has 0 saturated carbocycles. The molecule has 0 spiro atoms. The lowest BCUT2D eigenvalue weighted by Crippen LogP contribution is -2.10. The molecule has 2 rings (SSSR count). The number of aromatic amines is 1. The van der Waals surface area contributed by atoms with Crippen LogP contribution in [-0.4, -0.2) is 16.1 Å². The Labute approximate surface area is 113 Å². The number of unbranched alkanes of at least 4 members (excludes halogenated alkanes) is 1. The minimum Gasteiger partial charge on any atom is -0.326 e. The molecule has 0 unspecified atom stereocenters. The Morgan fingerprint density at radius 3 is 2.89 bits per heavy atom. The Bertz CT molecular complexity index is 560. The second kappa shape index (κ2) is 6.18. The number of rotatable bonds is 5. The molecule has 4 nitrogen and oxygen atoms in total. The van der Waals surface area contributed by atoms with Gasteiger partial charge in [-0.3, -0.25) is 9.89 Å². The molecule has 1 heterocycles. The summed E-state index contributed by atoms with van der Waals surface area (Å²) in [6, 6.07) is 9.73. The third-order valence-corrected chi connectivity index (χ3v) is 2.91. The lowest BCUT2D eigenvalue weighted by atomic mass is 10.1. The fourth-order valence-corrected chi connectivity index (χ4v) is 1.88. The van der Waals surface area contributed by atoms with E-state index in [0.29, 0.717) is 6.42 Å².